The number of ether oxygens (including phenoxy) is 1. The van der Waals surface area contributed by atoms with E-state index >= 15 is 0 Å². The number of carbonyl (C=O) groups is 1. The first-order chi connectivity index (χ1) is 11.4. The Labute approximate surface area is 143 Å². The van der Waals surface area contributed by atoms with Crippen LogP contribution in [0.1, 0.15) is 60.8 Å². The molecule has 0 bridgehead atoms. The van der Waals surface area contributed by atoms with E-state index in [4.69, 9.17) is 9.84 Å². The Morgan fingerprint density at radius 2 is 1.92 bits per heavy atom. The quantitative estimate of drug-likeness (QED) is 0.811. The van der Waals surface area contributed by atoms with Crippen LogP contribution in [0.4, 0.5) is 0 Å². The summed E-state index contributed by atoms with van der Waals surface area (Å²) < 4.78 is 5.93. The van der Waals surface area contributed by atoms with Crippen LogP contribution in [0, 0.1) is 5.92 Å². The van der Waals surface area contributed by atoms with Crippen molar-refractivity contribution >= 4 is 5.97 Å². The number of hydrogen-bond acceptors (Lipinski definition) is 3. The lowest BCUT2D eigenvalue weighted by molar-refractivity contribution is 0.0696. The van der Waals surface area contributed by atoms with Crippen molar-refractivity contribution in [1.82, 2.24) is 4.98 Å². The van der Waals surface area contributed by atoms with Gasteiger partial charge in [-0.25, -0.2) is 4.79 Å². The molecule has 1 N–H and O–H groups in total. The standard InChI is InChI=1S/C20H25NO3/c1-13(2)12-24-19-8-5-15(10-18(19)14(3)4)9-17-7-6-16(11-21-17)20(22)23/h5-8,10-11,13-14H,9,12H2,1-4H3,(H,22,23). The number of rotatable bonds is 7. The van der Waals surface area contributed by atoms with Crippen molar-refractivity contribution in [2.24, 2.45) is 5.92 Å². The van der Waals surface area contributed by atoms with E-state index in [1.165, 1.54) is 11.8 Å². The van der Waals surface area contributed by atoms with Crippen molar-refractivity contribution in [3.05, 3.63) is 58.9 Å². The minimum Gasteiger partial charge on any atom is -0.493 e. The molecule has 0 saturated carbocycles. The zero-order chi connectivity index (χ0) is 17.7. The molecule has 0 saturated heterocycles. The van der Waals surface area contributed by atoms with E-state index < -0.39 is 5.97 Å². The number of nitrogens with zero attached hydrogens (tertiary/aromatic N) is 1. The Hall–Kier alpha value is -2.36. The van der Waals surface area contributed by atoms with Crippen molar-refractivity contribution in [3.63, 3.8) is 0 Å². The molecule has 0 radical (unpaired) electrons. The maximum absolute atomic E-state index is 10.9. The number of carboxylic acids is 1. The average Bonchev–Trinajstić information content (AvgIpc) is 2.53. The highest BCUT2D eigenvalue weighted by Crippen LogP contribution is 2.28. The Bertz CT molecular complexity index is 691. The van der Waals surface area contributed by atoms with E-state index in [1.54, 1.807) is 12.1 Å². The van der Waals surface area contributed by atoms with Gasteiger partial charge in [-0.3, -0.25) is 4.98 Å². The highest BCUT2D eigenvalue weighted by Gasteiger charge is 2.11. The van der Waals surface area contributed by atoms with Crippen molar-refractivity contribution in [1.29, 1.82) is 0 Å². The molecule has 0 amide bonds. The molecule has 2 rings (SSSR count). The van der Waals surface area contributed by atoms with Crippen LogP contribution in [-0.4, -0.2) is 22.7 Å². The number of benzene rings is 1. The van der Waals surface area contributed by atoms with Gasteiger partial charge in [-0.2, -0.15) is 0 Å². The number of aromatic nitrogens is 1. The molecular formula is C20H25NO3. The molecule has 24 heavy (non-hydrogen) atoms. The Morgan fingerprint density at radius 1 is 1.17 bits per heavy atom. The third-order valence-electron chi connectivity index (χ3n) is 3.73. The van der Waals surface area contributed by atoms with Gasteiger partial charge in [0.15, 0.2) is 0 Å². The van der Waals surface area contributed by atoms with Crippen molar-refractivity contribution in [3.8, 4) is 5.75 Å². The van der Waals surface area contributed by atoms with Gasteiger partial charge in [-0.15, -0.1) is 0 Å². The van der Waals surface area contributed by atoms with Gasteiger partial charge in [-0.1, -0.05) is 39.8 Å². The summed E-state index contributed by atoms with van der Waals surface area (Å²) >= 11 is 0. The first kappa shape index (κ1) is 18.0. The molecule has 1 aromatic carbocycles. The highest BCUT2D eigenvalue weighted by molar-refractivity contribution is 5.87. The molecule has 1 heterocycles. The topological polar surface area (TPSA) is 59.4 Å². The van der Waals surface area contributed by atoms with Gasteiger partial charge in [0.05, 0.1) is 12.2 Å². The monoisotopic (exact) mass is 327 g/mol. The van der Waals surface area contributed by atoms with E-state index in [-0.39, 0.29) is 5.56 Å². The fourth-order valence-corrected chi connectivity index (χ4v) is 2.41. The lowest BCUT2D eigenvalue weighted by atomic mass is 9.97. The molecule has 0 atom stereocenters. The van der Waals surface area contributed by atoms with Crippen LogP contribution in [0.15, 0.2) is 36.5 Å². The first-order valence-electron chi connectivity index (χ1n) is 8.30. The molecule has 0 aliphatic carbocycles. The third kappa shape index (κ3) is 4.82. The summed E-state index contributed by atoms with van der Waals surface area (Å²) in [6.45, 7) is 9.28. The predicted octanol–water partition coefficient (Wildman–Crippen LogP) is 4.53. The fourth-order valence-electron chi connectivity index (χ4n) is 2.41. The van der Waals surface area contributed by atoms with Crippen LogP contribution >= 0.6 is 0 Å². The Balaban J connectivity index is 2.18. The molecule has 0 aliphatic rings. The largest absolute Gasteiger partial charge is 0.493 e. The molecule has 4 nitrogen and oxygen atoms in total. The lowest BCUT2D eigenvalue weighted by Crippen LogP contribution is -2.07. The van der Waals surface area contributed by atoms with Gasteiger partial charge in [-0.05, 0) is 41.2 Å². The highest BCUT2D eigenvalue weighted by atomic mass is 16.5. The number of hydrogen-bond donors (Lipinski definition) is 1. The summed E-state index contributed by atoms with van der Waals surface area (Å²) in [6, 6.07) is 9.59. The fraction of sp³-hybridized carbons (Fsp3) is 0.400. The molecule has 4 heteroatoms. The maximum atomic E-state index is 10.9. The summed E-state index contributed by atoms with van der Waals surface area (Å²) in [7, 11) is 0. The van der Waals surface area contributed by atoms with Gasteiger partial charge >= 0.3 is 5.97 Å². The summed E-state index contributed by atoms with van der Waals surface area (Å²) in [5.74, 6) is 0.843. The van der Waals surface area contributed by atoms with Crippen LogP contribution in [0.25, 0.3) is 0 Å². The van der Waals surface area contributed by atoms with Gasteiger partial charge in [0, 0.05) is 18.3 Å². The van der Waals surface area contributed by atoms with Gasteiger partial charge in [0.25, 0.3) is 0 Å². The van der Waals surface area contributed by atoms with Crippen LogP contribution < -0.4 is 4.74 Å². The van der Waals surface area contributed by atoms with Crippen molar-refractivity contribution in [2.75, 3.05) is 6.61 Å². The Kier molecular flexibility index (Phi) is 5.96. The normalized spacial score (nSPS) is 11.1. The average molecular weight is 327 g/mol. The van der Waals surface area contributed by atoms with Gasteiger partial charge < -0.3 is 9.84 Å². The van der Waals surface area contributed by atoms with Crippen molar-refractivity contribution < 1.29 is 14.6 Å². The molecule has 1 aromatic heterocycles. The lowest BCUT2D eigenvalue weighted by Gasteiger charge is -2.17. The van der Waals surface area contributed by atoms with E-state index in [1.807, 2.05) is 12.1 Å². The van der Waals surface area contributed by atoms with Crippen LogP contribution in [0.3, 0.4) is 0 Å². The minimum atomic E-state index is -0.956. The SMILES string of the molecule is CC(C)COc1ccc(Cc2ccc(C(=O)O)cn2)cc1C(C)C. The summed E-state index contributed by atoms with van der Waals surface area (Å²) in [5, 5.41) is 8.93. The Morgan fingerprint density at radius 3 is 2.46 bits per heavy atom. The van der Waals surface area contributed by atoms with Gasteiger partial charge in [0.2, 0.25) is 0 Å². The van der Waals surface area contributed by atoms with Crippen LogP contribution in [0.5, 0.6) is 5.75 Å². The molecule has 2 aromatic rings. The zero-order valence-electron chi connectivity index (χ0n) is 14.7. The molecule has 128 valence electrons. The molecule has 0 unspecified atom stereocenters. The zero-order valence-corrected chi connectivity index (χ0v) is 14.7. The van der Waals surface area contributed by atoms with Gasteiger partial charge in [0.1, 0.15) is 5.75 Å². The van der Waals surface area contributed by atoms with E-state index in [2.05, 4.69) is 38.7 Å². The second kappa shape index (κ2) is 7.95. The van der Waals surface area contributed by atoms with E-state index in [0.717, 1.165) is 17.0 Å². The summed E-state index contributed by atoms with van der Waals surface area (Å²) in [5.41, 5.74) is 3.39. The second-order valence-corrected chi connectivity index (χ2v) is 6.75. The van der Waals surface area contributed by atoms with Crippen molar-refractivity contribution in [2.45, 2.75) is 40.0 Å². The predicted molar refractivity (Wildman–Crippen MR) is 94.9 cm³/mol. The summed E-state index contributed by atoms with van der Waals surface area (Å²) in [6.07, 6.45) is 2.07. The van der Waals surface area contributed by atoms with E-state index in [9.17, 15) is 4.79 Å². The second-order valence-electron chi connectivity index (χ2n) is 6.75. The maximum Gasteiger partial charge on any atom is 0.337 e. The first-order valence-corrected chi connectivity index (χ1v) is 8.30. The summed E-state index contributed by atoms with van der Waals surface area (Å²) in [4.78, 5) is 15.1. The number of aromatic carboxylic acids is 1. The van der Waals surface area contributed by atoms with E-state index in [0.29, 0.717) is 24.9 Å². The smallest absolute Gasteiger partial charge is 0.337 e. The minimum absolute atomic E-state index is 0.207. The number of carboxylic acid groups (broad SMARTS) is 1. The molecule has 0 aliphatic heterocycles. The third-order valence-corrected chi connectivity index (χ3v) is 3.73. The van der Waals surface area contributed by atoms with Crippen LogP contribution in [-0.2, 0) is 6.42 Å². The molecular weight excluding hydrogens is 302 g/mol. The molecule has 0 spiro atoms. The number of pyridine rings is 1. The van der Waals surface area contributed by atoms with Crippen LogP contribution in [0.2, 0.25) is 0 Å². The molecule has 0 fully saturated rings.